The van der Waals surface area contributed by atoms with Crippen LogP contribution in [0.1, 0.15) is 59.3 Å². The summed E-state index contributed by atoms with van der Waals surface area (Å²) < 4.78 is 0. The Labute approximate surface area is 118 Å². The minimum Gasteiger partial charge on any atom is -0.352 e. The molecule has 0 radical (unpaired) electrons. The molecule has 1 N–H and O–H groups in total. The van der Waals surface area contributed by atoms with E-state index in [0.29, 0.717) is 18.5 Å². The fraction of sp³-hybridized carbons (Fsp3) is 0.938. The number of carbonyl (C=O) groups is 1. The van der Waals surface area contributed by atoms with Gasteiger partial charge in [-0.15, -0.1) is 0 Å². The highest BCUT2D eigenvalue weighted by atomic mass is 16.2. The number of nitrogens with zero attached hydrogens (tertiary/aromatic N) is 1. The highest BCUT2D eigenvalue weighted by Gasteiger charge is 2.33. The predicted octanol–water partition coefficient (Wildman–Crippen LogP) is 2.80. The van der Waals surface area contributed by atoms with Gasteiger partial charge in [-0.3, -0.25) is 9.69 Å². The summed E-state index contributed by atoms with van der Waals surface area (Å²) in [6.45, 7) is 8.14. The molecule has 3 unspecified atom stereocenters. The first-order valence-corrected chi connectivity index (χ1v) is 8.11. The van der Waals surface area contributed by atoms with Crippen molar-refractivity contribution in [2.24, 2.45) is 11.8 Å². The van der Waals surface area contributed by atoms with Gasteiger partial charge < -0.3 is 5.32 Å². The summed E-state index contributed by atoms with van der Waals surface area (Å²) in [4.78, 5) is 14.6. The number of likely N-dealkylation sites (tertiary alicyclic amines) is 1. The lowest BCUT2D eigenvalue weighted by atomic mass is 9.78. The van der Waals surface area contributed by atoms with E-state index in [1.165, 1.54) is 38.5 Å². The summed E-state index contributed by atoms with van der Waals surface area (Å²) in [5, 5.41) is 3.14. The number of piperidine rings is 1. The second-order valence-electron chi connectivity index (χ2n) is 6.82. The Balaban J connectivity index is 1.85. The number of fused-ring (bicyclic) bond motifs is 1. The first-order valence-electron chi connectivity index (χ1n) is 8.11. The molecule has 2 aliphatic rings. The third-order valence-electron chi connectivity index (χ3n) is 5.09. The van der Waals surface area contributed by atoms with Crippen LogP contribution in [0.2, 0.25) is 0 Å². The van der Waals surface area contributed by atoms with Crippen LogP contribution in [0.15, 0.2) is 0 Å². The Hall–Kier alpha value is -0.570. The van der Waals surface area contributed by atoms with Crippen LogP contribution in [-0.2, 0) is 4.79 Å². The first-order chi connectivity index (χ1) is 9.08. The second-order valence-corrected chi connectivity index (χ2v) is 6.82. The Kier molecular flexibility index (Phi) is 5.26. The van der Waals surface area contributed by atoms with Crippen molar-refractivity contribution in [3.05, 3.63) is 0 Å². The Bertz CT molecular complexity index is 301. The molecular weight excluding hydrogens is 236 g/mol. The van der Waals surface area contributed by atoms with Gasteiger partial charge in [0, 0.05) is 12.1 Å². The van der Waals surface area contributed by atoms with Crippen LogP contribution in [0.3, 0.4) is 0 Å². The van der Waals surface area contributed by atoms with Crippen LogP contribution < -0.4 is 5.32 Å². The Morgan fingerprint density at radius 2 is 1.84 bits per heavy atom. The maximum atomic E-state index is 12.1. The van der Waals surface area contributed by atoms with Crippen LogP contribution in [0.5, 0.6) is 0 Å². The molecule has 0 aromatic rings. The number of nitrogens with one attached hydrogen (secondary N) is 1. The van der Waals surface area contributed by atoms with Gasteiger partial charge in [-0.2, -0.15) is 0 Å². The van der Waals surface area contributed by atoms with Crippen molar-refractivity contribution in [1.82, 2.24) is 10.2 Å². The number of amides is 1. The Morgan fingerprint density at radius 3 is 2.58 bits per heavy atom. The number of carbonyl (C=O) groups excluding carboxylic acids is 1. The smallest absolute Gasteiger partial charge is 0.234 e. The lowest BCUT2D eigenvalue weighted by Crippen LogP contribution is -2.51. The fourth-order valence-electron chi connectivity index (χ4n) is 3.57. The summed E-state index contributed by atoms with van der Waals surface area (Å²) in [6, 6.07) is 0.960. The van der Waals surface area contributed by atoms with Crippen LogP contribution in [0.25, 0.3) is 0 Å². The molecule has 2 rings (SSSR count). The van der Waals surface area contributed by atoms with Gasteiger partial charge in [0.25, 0.3) is 0 Å². The molecule has 1 aliphatic heterocycles. The van der Waals surface area contributed by atoms with Crippen molar-refractivity contribution in [2.75, 3.05) is 13.1 Å². The summed E-state index contributed by atoms with van der Waals surface area (Å²) in [6.07, 6.45) is 8.08. The predicted molar refractivity (Wildman–Crippen MR) is 79.0 cm³/mol. The second kappa shape index (κ2) is 6.74. The van der Waals surface area contributed by atoms with Gasteiger partial charge in [0.15, 0.2) is 0 Å². The first kappa shape index (κ1) is 14.8. The molecule has 1 saturated carbocycles. The molecule has 19 heavy (non-hydrogen) atoms. The van der Waals surface area contributed by atoms with Gasteiger partial charge in [-0.1, -0.05) is 26.7 Å². The molecule has 1 saturated heterocycles. The molecule has 0 spiro atoms. The summed E-state index contributed by atoms with van der Waals surface area (Å²) in [5.41, 5.74) is 0. The fourth-order valence-corrected chi connectivity index (χ4v) is 3.57. The number of rotatable bonds is 4. The topological polar surface area (TPSA) is 32.3 Å². The van der Waals surface area contributed by atoms with Crippen molar-refractivity contribution in [1.29, 1.82) is 0 Å². The van der Waals surface area contributed by atoms with Crippen molar-refractivity contribution < 1.29 is 4.79 Å². The van der Waals surface area contributed by atoms with E-state index >= 15 is 0 Å². The molecule has 0 bridgehead atoms. The van der Waals surface area contributed by atoms with Gasteiger partial charge in [0.2, 0.25) is 5.91 Å². The van der Waals surface area contributed by atoms with E-state index < -0.39 is 0 Å². The molecular formula is C16H30N2O. The zero-order valence-electron chi connectivity index (χ0n) is 12.8. The van der Waals surface area contributed by atoms with E-state index in [1.54, 1.807) is 0 Å². The summed E-state index contributed by atoms with van der Waals surface area (Å²) >= 11 is 0. The third kappa shape index (κ3) is 3.95. The molecule has 3 heteroatoms. The van der Waals surface area contributed by atoms with Crippen LogP contribution in [0, 0.1) is 11.8 Å². The molecule has 3 atom stereocenters. The lowest BCUT2D eigenvalue weighted by Gasteiger charge is -2.43. The molecule has 110 valence electrons. The standard InChI is InChI=1S/C16H30N2O/c1-12(2)13(3)17-16(19)11-18-10-6-8-14-7-4-5-9-15(14)18/h12-15H,4-11H2,1-3H3,(H,17,19). The SMILES string of the molecule is CC(C)C(C)NC(=O)CN1CCCC2CCCCC21. The molecule has 3 nitrogen and oxygen atoms in total. The quantitative estimate of drug-likeness (QED) is 0.848. The van der Waals surface area contributed by atoms with Gasteiger partial charge in [0.05, 0.1) is 6.54 Å². The average Bonchev–Trinajstić information content (AvgIpc) is 2.39. The van der Waals surface area contributed by atoms with E-state index in [4.69, 9.17) is 0 Å². The van der Waals surface area contributed by atoms with E-state index in [0.717, 1.165) is 12.5 Å². The van der Waals surface area contributed by atoms with Gasteiger partial charge in [-0.05, 0) is 51.0 Å². The van der Waals surface area contributed by atoms with E-state index in [1.807, 2.05) is 0 Å². The molecule has 1 amide bonds. The number of hydrogen-bond acceptors (Lipinski definition) is 2. The van der Waals surface area contributed by atoms with Crippen LogP contribution >= 0.6 is 0 Å². The van der Waals surface area contributed by atoms with Crippen molar-refractivity contribution >= 4 is 5.91 Å². The summed E-state index contributed by atoms with van der Waals surface area (Å²) in [7, 11) is 0. The van der Waals surface area contributed by atoms with Gasteiger partial charge >= 0.3 is 0 Å². The van der Waals surface area contributed by atoms with Gasteiger partial charge in [0.1, 0.15) is 0 Å². The van der Waals surface area contributed by atoms with E-state index in [9.17, 15) is 4.79 Å². The zero-order valence-corrected chi connectivity index (χ0v) is 12.8. The Morgan fingerprint density at radius 1 is 1.16 bits per heavy atom. The zero-order chi connectivity index (χ0) is 13.8. The monoisotopic (exact) mass is 266 g/mol. The maximum Gasteiger partial charge on any atom is 0.234 e. The number of hydrogen-bond donors (Lipinski definition) is 1. The van der Waals surface area contributed by atoms with Crippen molar-refractivity contribution in [3.8, 4) is 0 Å². The highest BCUT2D eigenvalue weighted by molar-refractivity contribution is 5.78. The minimum atomic E-state index is 0.215. The molecule has 2 fully saturated rings. The largest absolute Gasteiger partial charge is 0.352 e. The lowest BCUT2D eigenvalue weighted by molar-refractivity contribution is -0.124. The minimum absolute atomic E-state index is 0.215. The van der Waals surface area contributed by atoms with Gasteiger partial charge in [-0.25, -0.2) is 0 Å². The average molecular weight is 266 g/mol. The van der Waals surface area contributed by atoms with Crippen LogP contribution in [-0.4, -0.2) is 36.0 Å². The van der Waals surface area contributed by atoms with Crippen molar-refractivity contribution in [3.63, 3.8) is 0 Å². The van der Waals surface area contributed by atoms with Crippen LogP contribution in [0.4, 0.5) is 0 Å². The highest BCUT2D eigenvalue weighted by Crippen LogP contribution is 2.34. The molecule has 1 aliphatic carbocycles. The maximum absolute atomic E-state index is 12.1. The van der Waals surface area contributed by atoms with E-state index in [2.05, 4.69) is 31.0 Å². The van der Waals surface area contributed by atoms with Crippen molar-refractivity contribution in [2.45, 2.75) is 71.4 Å². The molecule has 0 aromatic carbocycles. The van der Waals surface area contributed by atoms with E-state index in [-0.39, 0.29) is 11.9 Å². The molecule has 1 heterocycles. The molecule has 0 aromatic heterocycles. The normalized spacial score (nSPS) is 29.9. The third-order valence-corrected chi connectivity index (χ3v) is 5.09. The summed E-state index contributed by atoms with van der Waals surface area (Å²) in [5.74, 6) is 1.58.